The first-order valence-electron chi connectivity index (χ1n) is 6.70. The van der Waals surface area contributed by atoms with E-state index in [1.807, 2.05) is 0 Å². The van der Waals surface area contributed by atoms with Gasteiger partial charge in [-0.2, -0.15) is 13.2 Å². The number of rotatable bonds is 5. The average Bonchev–Trinajstić information content (AvgIpc) is 2.56. The lowest BCUT2D eigenvalue weighted by Crippen LogP contribution is -2.50. The predicted molar refractivity (Wildman–Crippen MR) is 76.9 cm³/mol. The first kappa shape index (κ1) is 19.5. The van der Waals surface area contributed by atoms with Gasteiger partial charge in [0.1, 0.15) is 0 Å². The van der Waals surface area contributed by atoms with Gasteiger partial charge in [0.15, 0.2) is 11.8 Å². The molecule has 0 aliphatic heterocycles. The Morgan fingerprint density at radius 1 is 1.00 bits per heavy atom. The van der Waals surface area contributed by atoms with Crippen LogP contribution in [0.15, 0.2) is 30.3 Å². The van der Waals surface area contributed by atoms with Gasteiger partial charge in [-0.3, -0.25) is 14.4 Å². The van der Waals surface area contributed by atoms with Gasteiger partial charge in [0.25, 0.3) is 0 Å². The summed E-state index contributed by atoms with van der Waals surface area (Å²) < 4.78 is 48.8. The van der Waals surface area contributed by atoms with E-state index in [2.05, 4.69) is 9.47 Å². The molecule has 0 heterocycles. The van der Waals surface area contributed by atoms with Crippen LogP contribution in [0.5, 0.6) is 0 Å². The van der Waals surface area contributed by atoms with Gasteiger partial charge in [0.05, 0.1) is 14.2 Å². The fourth-order valence-electron chi connectivity index (χ4n) is 2.08. The van der Waals surface area contributed by atoms with Crippen LogP contribution in [-0.4, -0.2) is 45.3 Å². The maximum absolute atomic E-state index is 13.4. The minimum atomic E-state index is -5.16. The molecule has 9 heteroatoms. The molecule has 1 unspecified atom stereocenters. The predicted octanol–water partition coefficient (Wildman–Crippen LogP) is 1.79. The van der Waals surface area contributed by atoms with Gasteiger partial charge in [0, 0.05) is 12.7 Å². The van der Waals surface area contributed by atoms with Crippen LogP contribution < -0.4 is 4.90 Å². The van der Waals surface area contributed by atoms with Gasteiger partial charge in [0.2, 0.25) is 5.91 Å². The second-order valence-electron chi connectivity index (χ2n) is 4.78. The lowest BCUT2D eigenvalue weighted by atomic mass is 9.90. The lowest BCUT2D eigenvalue weighted by molar-refractivity contribution is -0.204. The van der Waals surface area contributed by atoms with E-state index in [9.17, 15) is 27.6 Å². The standard InChI is InChI=1S/C15H16F3NO5/c1-19(9-7-5-4-6-8-9)12(20)11(15(16,17)18)10(13(21)23-2)14(22)24-3/h4-8,10-11H,1-3H3. The number of alkyl halides is 3. The molecule has 0 aliphatic rings. The fraction of sp³-hybridized carbons (Fsp3) is 0.400. The highest BCUT2D eigenvalue weighted by molar-refractivity contribution is 6.04. The van der Waals surface area contributed by atoms with Crippen LogP contribution in [0.25, 0.3) is 0 Å². The van der Waals surface area contributed by atoms with E-state index in [-0.39, 0.29) is 5.69 Å². The van der Waals surface area contributed by atoms with Gasteiger partial charge >= 0.3 is 18.1 Å². The molecule has 0 aromatic heterocycles. The highest BCUT2D eigenvalue weighted by Crippen LogP contribution is 2.36. The van der Waals surface area contributed by atoms with Gasteiger partial charge in [-0.25, -0.2) is 0 Å². The summed E-state index contributed by atoms with van der Waals surface area (Å²) in [4.78, 5) is 36.4. The Morgan fingerprint density at radius 2 is 1.46 bits per heavy atom. The lowest BCUT2D eigenvalue weighted by Gasteiger charge is -2.28. The number of methoxy groups -OCH3 is 2. The van der Waals surface area contributed by atoms with Crippen molar-refractivity contribution in [2.24, 2.45) is 11.8 Å². The minimum absolute atomic E-state index is 0.172. The molecular weight excluding hydrogens is 331 g/mol. The Bertz CT molecular complexity index is 587. The van der Waals surface area contributed by atoms with E-state index in [1.54, 1.807) is 6.07 Å². The number of nitrogens with zero attached hydrogens (tertiary/aromatic N) is 1. The maximum Gasteiger partial charge on any atom is 0.401 e. The Morgan fingerprint density at radius 3 is 1.83 bits per heavy atom. The van der Waals surface area contributed by atoms with Crippen LogP contribution in [0.3, 0.4) is 0 Å². The third-order valence-corrected chi connectivity index (χ3v) is 3.34. The summed E-state index contributed by atoms with van der Waals surface area (Å²) in [7, 11) is 2.75. The molecule has 0 aliphatic carbocycles. The highest BCUT2D eigenvalue weighted by atomic mass is 19.4. The van der Waals surface area contributed by atoms with Crippen molar-refractivity contribution < 1.29 is 37.0 Å². The first-order valence-corrected chi connectivity index (χ1v) is 6.70. The molecule has 1 atom stereocenters. The summed E-state index contributed by atoms with van der Waals surface area (Å²) in [5, 5.41) is 0. The molecule has 132 valence electrons. The molecule has 0 bridgehead atoms. The Kier molecular flexibility index (Phi) is 6.33. The molecule has 0 radical (unpaired) electrons. The Hall–Kier alpha value is -2.58. The fourth-order valence-corrected chi connectivity index (χ4v) is 2.08. The molecular formula is C15H16F3NO5. The molecule has 0 saturated carbocycles. The molecule has 0 fully saturated rings. The second kappa shape index (κ2) is 7.80. The van der Waals surface area contributed by atoms with Gasteiger partial charge in [-0.1, -0.05) is 18.2 Å². The summed E-state index contributed by atoms with van der Waals surface area (Å²) in [5.41, 5.74) is 0.172. The number of carbonyl (C=O) groups is 3. The summed E-state index contributed by atoms with van der Waals surface area (Å²) in [5.74, 6) is -9.85. The molecule has 24 heavy (non-hydrogen) atoms. The summed E-state index contributed by atoms with van der Waals surface area (Å²) >= 11 is 0. The number of para-hydroxylation sites is 1. The number of esters is 2. The van der Waals surface area contributed by atoms with E-state index in [0.717, 1.165) is 26.2 Å². The van der Waals surface area contributed by atoms with Crippen molar-refractivity contribution in [2.45, 2.75) is 6.18 Å². The third kappa shape index (κ3) is 4.24. The smallest absolute Gasteiger partial charge is 0.401 e. The monoisotopic (exact) mass is 347 g/mol. The van der Waals surface area contributed by atoms with Crippen LogP contribution in [0.1, 0.15) is 0 Å². The van der Waals surface area contributed by atoms with E-state index in [0.29, 0.717) is 0 Å². The number of benzene rings is 1. The summed E-state index contributed by atoms with van der Waals surface area (Å²) in [6, 6.07) is 7.50. The number of carbonyl (C=O) groups excluding carboxylic acids is 3. The van der Waals surface area contributed by atoms with Crippen molar-refractivity contribution in [1.82, 2.24) is 0 Å². The molecule has 1 amide bonds. The van der Waals surface area contributed by atoms with Crippen molar-refractivity contribution in [3.05, 3.63) is 30.3 Å². The topological polar surface area (TPSA) is 72.9 Å². The average molecular weight is 347 g/mol. The van der Waals surface area contributed by atoms with Crippen LogP contribution in [-0.2, 0) is 23.9 Å². The van der Waals surface area contributed by atoms with E-state index in [1.165, 1.54) is 24.3 Å². The number of hydrogen-bond donors (Lipinski definition) is 0. The Labute approximate surface area is 136 Å². The second-order valence-corrected chi connectivity index (χ2v) is 4.78. The zero-order valence-corrected chi connectivity index (χ0v) is 13.2. The Balaban J connectivity index is 3.32. The van der Waals surface area contributed by atoms with E-state index in [4.69, 9.17) is 0 Å². The van der Waals surface area contributed by atoms with Crippen molar-refractivity contribution in [3.8, 4) is 0 Å². The minimum Gasteiger partial charge on any atom is -0.468 e. The van der Waals surface area contributed by atoms with E-state index >= 15 is 0 Å². The molecule has 1 aromatic carbocycles. The molecule has 1 rings (SSSR count). The van der Waals surface area contributed by atoms with Crippen LogP contribution >= 0.6 is 0 Å². The van der Waals surface area contributed by atoms with Crippen molar-refractivity contribution in [3.63, 3.8) is 0 Å². The highest BCUT2D eigenvalue weighted by Gasteiger charge is 2.57. The zero-order valence-electron chi connectivity index (χ0n) is 13.2. The zero-order chi connectivity index (χ0) is 18.5. The number of ether oxygens (including phenoxy) is 2. The number of amides is 1. The molecule has 0 spiro atoms. The summed E-state index contributed by atoms with van der Waals surface area (Å²) in [6.45, 7) is 0. The van der Waals surface area contributed by atoms with Crippen LogP contribution in [0, 0.1) is 11.8 Å². The quantitative estimate of drug-likeness (QED) is 0.600. The molecule has 0 saturated heterocycles. The van der Waals surface area contributed by atoms with E-state index < -0.39 is 35.9 Å². The molecule has 1 aromatic rings. The maximum atomic E-state index is 13.4. The largest absolute Gasteiger partial charge is 0.468 e. The van der Waals surface area contributed by atoms with Crippen molar-refractivity contribution in [1.29, 1.82) is 0 Å². The van der Waals surface area contributed by atoms with Gasteiger partial charge < -0.3 is 14.4 Å². The first-order chi connectivity index (χ1) is 11.1. The number of anilines is 1. The summed E-state index contributed by atoms with van der Waals surface area (Å²) in [6.07, 6.45) is -5.16. The van der Waals surface area contributed by atoms with Crippen molar-refractivity contribution >= 4 is 23.5 Å². The van der Waals surface area contributed by atoms with Crippen molar-refractivity contribution in [2.75, 3.05) is 26.2 Å². The van der Waals surface area contributed by atoms with Crippen LogP contribution in [0.2, 0.25) is 0 Å². The van der Waals surface area contributed by atoms with Gasteiger partial charge in [-0.15, -0.1) is 0 Å². The molecule has 0 N–H and O–H groups in total. The number of hydrogen-bond acceptors (Lipinski definition) is 5. The molecule has 6 nitrogen and oxygen atoms in total. The number of halogens is 3. The SMILES string of the molecule is COC(=O)C(C(=O)OC)C(C(=O)N(C)c1ccccc1)C(F)(F)F. The normalized spacial score (nSPS) is 12.5. The van der Waals surface area contributed by atoms with Gasteiger partial charge in [-0.05, 0) is 12.1 Å². The third-order valence-electron chi connectivity index (χ3n) is 3.34. The van der Waals surface area contributed by atoms with Crippen LogP contribution in [0.4, 0.5) is 18.9 Å².